The van der Waals surface area contributed by atoms with Gasteiger partial charge in [0.2, 0.25) is 0 Å². The average molecular weight is 251 g/mol. The van der Waals surface area contributed by atoms with E-state index in [0.717, 1.165) is 11.3 Å². The van der Waals surface area contributed by atoms with Crippen molar-refractivity contribution in [3.63, 3.8) is 0 Å². The molecule has 0 aliphatic rings. The second-order valence-electron chi connectivity index (χ2n) is 3.69. The van der Waals surface area contributed by atoms with Crippen LogP contribution in [0.25, 0.3) is 0 Å². The number of amides is 1. The second-order valence-corrected chi connectivity index (χ2v) is 4.05. The van der Waals surface area contributed by atoms with Crippen LogP contribution in [0.15, 0.2) is 18.5 Å². The highest BCUT2D eigenvalue weighted by atomic mass is 35.5. The number of nitrogens with zero attached hydrogens (tertiary/aromatic N) is 2. The van der Waals surface area contributed by atoms with Gasteiger partial charge in [-0.3, -0.25) is 9.89 Å². The predicted octanol–water partition coefficient (Wildman–Crippen LogP) is 2.33. The highest BCUT2D eigenvalue weighted by Gasteiger charge is 2.11. The van der Waals surface area contributed by atoms with E-state index in [0.29, 0.717) is 16.4 Å². The Kier molecular flexibility index (Phi) is 3.10. The summed E-state index contributed by atoms with van der Waals surface area (Å²) in [7, 11) is 0. The summed E-state index contributed by atoms with van der Waals surface area (Å²) in [5.41, 5.74) is 2.66. The Balaban J connectivity index is 2.19. The Bertz CT molecular complexity index is 564. The number of pyridine rings is 1. The van der Waals surface area contributed by atoms with Crippen LogP contribution in [0.2, 0.25) is 5.15 Å². The molecule has 88 valence electrons. The van der Waals surface area contributed by atoms with Crippen molar-refractivity contribution in [2.75, 3.05) is 5.32 Å². The van der Waals surface area contributed by atoms with Crippen LogP contribution >= 0.6 is 11.6 Å². The van der Waals surface area contributed by atoms with Crippen LogP contribution in [0.4, 0.5) is 5.69 Å². The normalized spacial score (nSPS) is 10.3. The molecule has 0 bridgehead atoms. The van der Waals surface area contributed by atoms with E-state index in [4.69, 9.17) is 11.6 Å². The SMILES string of the molecule is Cc1cc(NC(=O)c2cn[nH]c2C)cnc1Cl. The van der Waals surface area contributed by atoms with Crippen molar-refractivity contribution in [1.29, 1.82) is 0 Å². The smallest absolute Gasteiger partial charge is 0.259 e. The van der Waals surface area contributed by atoms with Gasteiger partial charge in [-0.15, -0.1) is 0 Å². The number of carbonyl (C=O) groups is 1. The molecule has 2 N–H and O–H groups in total. The molecule has 17 heavy (non-hydrogen) atoms. The number of aromatic amines is 1. The molecule has 2 aromatic rings. The van der Waals surface area contributed by atoms with Crippen molar-refractivity contribution >= 4 is 23.2 Å². The molecule has 0 spiro atoms. The summed E-state index contributed by atoms with van der Waals surface area (Å²) in [4.78, 5) is 15.8. The second kappa shape index (κ2) is 4.55. The lowest BCUT2D eigenvalue weighted by Gasteiger charge is -2.05. The molecule has 0 aliphatic heterocycles. The highest BCUT2D eigenvalue weighted by molar-refractivity contribution is 6.30. The first kappa shape index (κ1) is 11.6. The number of hydrogen-bond donors (Lipinski definition) is 2. The predicted molar refractivity (Wildman–Crippen MR) is 65.3 cm³/mol. The molecule has 0 aromatic carbocycles. The fraction of sp³-hybridized carbons (Fsp3) is 0.182. The minimum Gasteiger partial charge on any atom is -0.320 e. The van der Waals surface area contributed by atoms with Crippen LogP contribution in [0.5, 0.6) is 0 Å². The third-order valence-electron chi connectivity index (χ3n) is 2.35. The van der Waals surface area contributed by atoms with Crippen LogP contribution < -0.4 is 5.32 Å². The summed E-state index contributed by atoms with van der Waals surface area (Å²) >= 11 is 5.80. The molecule has 0 radical (unpaired) electrons. The molecule has 0 saturated heterocycles. The minimum atomic E-state index is -0.222. The van der Waals surface area contributed by atoms with Crippen molar-refractivity contribution in [3.8, 4) is 0 Å². The molecule has 2 heterocycles. The fourth-order valence-electron chi connectivity index (χ4n) is 1.40. The zero-order valence-corrected chi connectivity index (χ0v) is 10.2. The quantitative estimate of drug-likeness (QED) is 0.804. The largest absolute Gasteiger partial charge is 0.320 e. The van der Waals surface area contributed by atoms with E-state index >= 15 is 0 Å². The molecule has 1 amide bonds. The van der Waals surface area contributed by atoms with Crippen LogP contribution in [0.3, 0.4) is 0 Å². The van der Waals surface area contributed by atoms with E-state index in [9.17, 15) is 4.79 Å². The third kappa shape index (κ3) is 2.45. The first-order valence-electron chi connectivity index (χ1n) is 5.01. The molecular formula is C11H11ClN4O. The number of halogens is 1. The zero-order valence-electron chi connectivity index (χ0n) is 9.41. The number of aryl methyl sites for hydroxylation is 2. The molecule has 0 aliphatic carbocycles. The number of aromatic nitrogens is 3. The summed E-state index contributed by atoms with van der Waals surface area (Å²) in [6, 6.07) is 1.77. The Morgan fingerprint density at radius 3 is 2.76 bits per heavy atom. The number of carbonyl (C=O) groups excluding carboxylic acids is 1. The lowest BCUT2D eigenvalue weighted by Crippen LogP contribution is -2.12. The van der Waals surface area contributed by atoms with Gasteiger partial charge in [0, 0.05) is 5.69 Å². The monoisotopic (exact) mass is 250 g/mol. The van der Waals surface area contributed by atoms with Crippen molar-refractivity contribution in [1.82, 2.24) is 15.2 Å². The van der Waals surface area contributed by atoms with Gasteiger partial charge in [0.25, 0.3) is 5.91 Å². The number of H-pyrrole nitrogens is 1. The maximum atomic E-state index is 11.9. The van der Waals surface area contributed by atoms with Gasteiger partial charge in [0.05, 0.1) is 23.6 Å². The van der Waals surface area contributed by atoms with Crippen LogP contribution in [0.1, 0.15) is 21.6 Å². The lowest BCUT2D eigenvalue weighted by atomic mass is 10.2. The number of nitrogens with one attached hydrogen (secondary N) is 2. The summed E-state index contributed by atoms with van der Waals surface area (Å²) < 4.78 is 0. The maximum absolute atomic E-state index is 11.9. The number of rotatable bonds is 2. The summed E-state index contributed by atoms with van der Waals surface area (Å²) in [5.74, 6) is -0.222. The number of hydrogen-bond acceptors (Lipinski definition) is 3. The Morgan fingerprint density at radius 1 is 1.41 bits per heavy atom. The molecule has 0 atom stereocenters. The lowest BCUT2D eigenvalue weighted by molar-refractivity contribution is 0.102. The molecule has 0 saturated carbocycles. The average Bonchev–Trinajstić information content (AvgIpc) is 2.70. The maximum Gasteiger partial charge on any atom is 0.259 e. The molecule has 0 unspecified atom stereocenters. The summed E-state index contributed by atoms with van der Waals surface area (Å²) in [5, 5.41) is 9.67. The van der Waals surface area contributed by atoms with E-state index in [-0.39, 0.29) is 5.91 Å². The first-order chi connectivity index (χ1) is 8.08. The Labute approximate surface area is 103 Å². The van der Waals surface area contributed by atoms with E-state index in [2.05, 4.69) is 20.5 Å². The van der Waals surface area contributed by atoms with Crippen LogP contribution in [-0.2, 0) is 0 Å². The molecule has 6 heteroatoms. The molecular weight excluding hydrogens is 240 g/mol. The van der Waals surface area contributed by atoms with Crippen molar-refractivity contribution in [3.05, 3.63) is 40.4 Å². The van der Waals surface area contributed by atoms with Gasteiger partial charge < -0.3 is 5.32 Å². The first-order valence-corrected chi connectivity index (χ1v) is 5.39. The van der Waals surface area contributed by atoms with Gasteiger partial charge >= 0.3 is 0 Å². The summed E-state index contributed by atoms with van der Waals surface area (Å²) in [6.45, 7) is 3.61. The zero-order chi connectivity index (χ0) is 12.4. The molecule has 0 fully saturated rings. The summed E-state index contributed by atoms with van der Waals surface area (Å²) in [6.07, 6.45) is 3.00. The van der Waals surface area contributed by atoms with Gasteiger partial charge in [-0.05, 0) is 25.5 Å². The van der Waals surface area contributed by atoms with Gasteiger partial charge in [-0.1, -0.05) is 11.6 Å². The van der Waals surface area contributed by atoms with Crippen molar-refractivity contribution in [2.45, 2.75) is 13.8 Å². The number of anilines is 1. The standard InChI is InChI=1S/C11H11ClN4O/c1-6-3-8(4-13-10(6)12)15-11(17)9-5-14-16-7(9)2/h3-5H,1-2H3,(H,14,16)(H,15,17). The fourth-order valence-corrected chi connectivity index (χ4v) is 1.51. The van der Waals surface area contributed by atoms with Crippen LogP contribution in [0, 0.1) is 13.8 Å². The van der Waals surface area contributed by atoms with Gasteiger partial charge in [-0.2, -0.15) is 5.10 Å². The highest BCUT2D eigenvalue weighted by Crippen LogP contribution is 2.17. The molecule has 5 nitrogen and oxygen atoms in total. The van der Waals surface area contributed by atoms with E-state index in [1.807, 2.05) is 6.92 Å². The topological polar surface area (TPSA) is 70.7 Å². The molecule has 2 aromatic heterocycles. The molecule has 2 rings (SSSR count). The van der Waals surface area contributed by atoms with Crippen molar-refractivity contribution < 1.29 is 4.79 Å². The third-order valence-corrected chi connectivity index (χ3v) is 2.74. The Hall–Kier alpha value is -1.88. The van der Waals surface area contributed by atoms with Crippen molar-refractivity contribution in [2.24, 2.45) is 0 Å². The minimum absolute atomic E-state index is 0.222. The Morgan fingerprint density at radius 2 is 2.18 bits per heavy atom. The van der Waals surface area contributed by atoms with E-state index < -0.39 is 0 Å². The van der Waals surface area contributed by atoms with E-state index in [1.165, 1.54) is 12.4 Å². The van der Waals surface area contributed by atoms with Gasteiger partial charge in [0.15, 0.2) is 0 Å². The van der Waals surface area contributed by atoms with E-state index in [1.54, 1.807) is 13.0 Å². The van der Waals surface area contributed by atoms with Crippen LogP contribution in [-0.4, -0.2) is 21.1 Å². The van der Waals surface area contributed by atoms with Gasteiger partial charge in [0.1, 0.15) is 5.15 Å². The van der Waals surface area contributed by atoms with Gasteiger partial charge in [-0.25, -0.2) is 4.98 Å².